The van der Waals surface area contributed by atoms with Crippen LogP contribution in [0.15, 0.2) is 24.3 Å². The number of nitrogens with one attached hydrogen (secondary N) is 1. The summed E-state index contributed by atoms with van der Waals surface area (Å²) in [5.41, 5.74) is 0.486. The van der Waals surface area contributed by atoms with Crippen molar-refractivity contribution < 1.29 is 24.4 Å². The molecule has 152 valence electrons. The van der Waals surface area contributed by atoms with Crippen molar-refractivity contribution in [3.63, 3.8) is 0 Å². The number of carboxylic acid groups (broad SMARTS) is 1. The predicted molar refractivity (Wildman–Crippen MR) is 104 cm³/mol. The highest BCUT2D eigenvalue weighted by atomic mass is 16.6. The SMILES string of the molecule is Cc1nc(C)c(C(=O)O[C@@H]2CCCNC2)c(-c2cccc([N+](=O)[O-])c2)c1C(=O)O. The molecule has 2 N–H and O–H groups in total. The molecule has 29 heavy (non-hydrogen) atoms. The van der Waals surface area contributed by atoms with Gasteiger partial charge in [0.25, 0.3) is 5.69 Å². The van der Waals surface area contributed by atoms with Gasteiger partial charge in [-0.25, -0.2) is 9.59 Å². The standard InChI is InChI=1S/C20H21N3O6/c1-11-16(19(24)25)18(13-5-3-6-14(9-13)23(27)28)17(12(2)22-11)20(26)29-15-7-4-8-21-10-15/h3,5-6,9,15,21H,4,7-8,10H2,1-2H3,(H,24,25)/t15-/m1/s1. The van der Waals surface area contributed by atoms with Crippen molar-refractivity contribution in [1.29, 1.82) is 0 Å². The fraction of sp³-hybridized carbons (Fsp3) is 0.350. The van der Waals surface area contributed by atoms with Crippen LogP contribution in [0.5, 0.6) is 0 Å². The van der Waals surface area contributed by atoms with E-state index in [0.717, 1.165) is 13.0 Å². The molecule has 0 unspecified atom stereocenters. The number of carbonyl (C=O) groups is 2. The summed E-state index contributed by atoms with van der Waals surface area (Å²) in [5.74, 6) is -1.96. The fourth-order valence-electron chi connectivity index (χ4n) is 3.56. The third kappa shape index (κ3) is 4.24. The second-order valence-corrected chi connectivity index (χ2v) is 6.89. The van der Waals surface area contributed by atoms with Crippen LogP contribution in [0.2, 0.25) is 0 Å². The third-order valence-electron chi connectivity index (χ3n) is 4.85. The molecule has 3 rings (SSSR count). The van der Waals surface area contributed by atoms with E-state index >= 15 is 0 Å². The van der Waals surface area contributed by atoms with E-state index < -0.39 is 16.9 Å². The summed E-state index contributed by atoms with van der Waals surface area (Å²) in [4.78, 5) is 39.8. The van der Waals surface area contributed by atoms with Gasteiger partial charge in [-0.1, -0.05) is 12.1 Å². The van der Waals surface area contributed by atoms with Gasteiger partial charge in [0.15, 0.2) is 0 Å². The topological polar surface area (TPSA) is 132 Å². The number of nitro benzene ring substituents is 1. The van der Waals surface area contributed by atoms with Crippen LogP contribution in [0.4, 0.5) is 5.69 Å². The highest BCUT2D eigenvalue weighted by molar-refractivity contribution is 6.06. The van der Waals surface area contributed by atoms with Gasteiger partial charge in [-0.2, -0.15) is 0 Å². The number of benzene rings is 1. The first-order valence-corrected chi connectivity index (χ1v) is 9.20. The van der Waals surface area contributed by atoms with Crippen LogP contribution in [-0.4, -0.2) is 46.1 Å². The predicted octanol–water partition coefficient (Wildman–Crippen LogP) is 2.88. The molecule has 2 heterocycles. The summed E-state index contributed by atoms with van der Waals surface area (Å²) in [6.45, 7) is 4.48. The Morgan fingerprint density at radius 3 is 2.62 bits per heavy atom. The molecule has 1 aromatic heterocycles. The van der Waals surface area contributed by atoms with Gasteiger partial charge in [0, 0.05) is 24.2 Å². The lowest BCUT2D eigenvalue weighted by molar-refractivity contribution is -0.384. The minimum Gasteiger partial charge on any atom is -0.478 e. The smallest absolute Gasteiger partial charge is 0.340 e. The number of aryl methyl sites for hydroxylation is 2. The Balaban J connectivity index is 2.18. The van der Waals surface area contributed by atoms with Crippen LogP contribution < -0.4 is 5.32 Å². The molecule has 0 amide bonds. The van der Waals surface area contributed by atoms with Gasteiger partial charge in [0.2, 0.25) is 0 Å². The molecule has 2 aromatic rings. The van der Waals surface area contributed by atoms with Crippen LogP contribution in [0, 0.1) is 24.0 Å². The Hall–Kier alpha value is -3.33. The van der Waals surface area contributed by atoms with Crippen molar-refractivity contribution in [2.24, 2.45) is 0 Å². The van der Waals surface area contributed by atoms with Crippen molar-refractivity contribution in [3.8, 4) is 11.1 Å². The summed E-state index contributed by atoms with van der Waals surface area (Å²) < 4.78 is 5.60. The molecule has 9 heteroatoms. The summed E-state index contributed by atoms with van der Waals surface area (Å²) in [6.07, 6.45) is 1.24. The van der Waals surface area contributed by atoms with Crippen LogP contribution in [0.3, 0.4) is 0 Å². The lowest BCUT2D eigenvalue weighted by atomic mass is 9.92. The molecule has 1 atom stereocenters. The van der Waals surface area contributed by atoms with E-state index in [4.69, 9.17) is 4.74 Å². The zero-order valence-electron chi connectivity index (χ0n) is 16.1. The molecule has 0 aliphatic carbocycles. The van der Waals surface area contributed by atoms with E-state index in [1.54, 1.807) is 6.92 Å². The van der Waals surface area contributed by atoms with Gasteiger partial charge in [-0.05, 0) is 38.8 Å². The number of hydrogen-bond donors (Lipinski definition) is 2. The number of non-ortho nitro benzene ring substituents is 1. The maximum atomic E-state index is 13.0. The molecule has 0 saturated carbocycles. The Morgan fingerprint density at radius 1 is 1.28 bits per heavy atom. The number of piperidine rings is 1. The highest BCUT2D eigenvalue weighted by Gasteiger charge is 2.29. The number of aromatic nitrogens is 1. The first-order valence-electron chi connectivity index (χ1n) is 9.20. The van der Waals surface area contributed by atoms with Crippen molar-refractivity contribution in [3.05, 3.63) is 56.9 Å². The number of esters is 1. The van der Waals surface area contributed by atoms with E-state index in [9.17, 15) is 24.8 Å². The molecule has 1 saturated heterocycles. The summed E-state index contributed by atoms with van der Waals surface area (Å²) in [6, 6.07) is 5.53. The summed E-state index contributed by atoms with van der Waals surface area (Å²) in [5, 5.41) is 24.1. The first kappa shape index (κ1) is 20.4. The van der Waals surface area contributed by atoms with E-state index in [1.165, 1.54) is 31.2 Å². The molecule has 1 aliphatic rings. The van der Waals surface area contributed by atoms with Crippen LogP contribution in [0.1, 0.15) is 44.9 Å². The van der Waals surface area contributed by atoms with Crippen molar-refractivity contribution >= 4 is 17.6 Å². The number of pyridine rings is 1. The normalized spacial score (nSPS) is 16.3. The third-order valence-corrected chi connectivity index (χ3v) is 4.85. The van der Waals surface area contributed by atoms with E-state index in [0.29, 0.717) is 18.7 Å². The van der Waals surface area contributed by atoms with E-state index in [-0.39, 0.29) is 39.7 Å². The molecule has 0 bridgehead atoms. The molecular weight excluding hydrogens is 378 g/mol. The Morgan fingerprint density at radius 2 is 2.00 bits per heavy atom. The Kier molecular flexibility index (Phi) is 5.88. The van der Waals surface area contributed by atoms with Gasteiger partial charge in [0.05, 0.1) is 27.4 Å². The minimum atomic E-state index is -1.27. The summed E-state index contributed by atoms with van der Waals surface area (Å²) in [7, 11) is 0. The lowest BCUT2D eigenvalue weighted by Crippen LogP contribution is -2.37. The average Bonchev–Trinajstić information content (AvgIpc) is 2.67. The molecule has 9 nitrogen and oxygen atoms in total. The molecule has 1 aromatic carbocycles. The average molecular weight is 399 g/mol. The number of nitro groups is 1. The largest absolute Gasteiger partial charge is 0.478 e. The Labute approximate surface area is 166 Å². The second kappa shape index (κ2) is 8.36. The van der Waals surface area contributed by atoms with Crippen molar-refractivity contribution in [2.75, 3.05) is 13.1 Å². The quantitative estimate of drug-likeness (QED) is 0.446. The van der Waals surface area contributed by atoms with E-state index in [2.05, 4.69) is 10.3 Å². The number of carbonyl (C=O) groups excluding carboxylic acids is 1. The fourth-order valence-corrected chi connectivity index (χ4v) is 3.56. The van der Waals surface area contributed by atoms with Crippen LogP contribution in [0.25, 0.3) is 11.1 Å². The number of aromatic carboxylic acids is 1. The monoisotopic (exact) mass is 399 g/mol. The van der Waals surface area contributed by atoms with Gasteiger partial charge in [-0.15, -0.1) is 0 Å². The zero-order chi connectivity index (χ0) is 21.1. The highest BCUT2D eigenvalue weighted by Crippen LogP contribution is 2.34. The van der Waals surface area contributed by atoms with Gasteiger partial charge < -0.3 is 15.2 Å². The number of carboxylic acids is 1. The summed E-state index contributed by atoms with van der Waals surface area (Å²) >= 11 is 0. The molecule has 1 aliphatic heterocycles. The molecular formula is C20H21N3O6. The number of hydrogen-bond acceptors (Lipinski definition) is 7. The number of nitrogens with zero attached hydrogens (tertiary/aromatic N) is 2. The van der Waals surface area contributed by atoms with Crippen LogP contribution in [-0.2, 0) is 4.74 Å². The zero-order valence-corrected chi connectivity index (χ0v) is 16.1. The second-order valence-electron chi connectivity index (χ2n) is 6.89. The minimum absolute atomic E-state index is 0.0130. The van der Waals surface area contributed by atoms with Crippen molar-refractivity contribution in [2.45, 2.75) is 32.8 Å². The molecule has 1 fully saturated rings. The number of ether oxygens (including phenoxy) is 1. The van der Waals surface area contributed by atoms with Crippen LogP contribution >= 0.6 is 0 Å². The maximum Gasteiger partial charge on any atom is 0.340 e. The molecule has 0 spiro atoms. The Bertz CT molecular complexity index is 982. The maximum absolute atomic E-state index is 13.0. The van der Waals surface area contributed by atoms with Gasteiger partial charge in [0.1, 0.15) is 6.10 Å². The first-order chi connectivity index (χ1) is 13.8. The lowest BCUT2D eigenvalue weighted by Gasteiger charge is -2.24. The number of rotatable bonds is 5. The van der Waals surface area contributed by atoms with Gasteiger partial charge in [-0.3, -0.25) is 15.1 Å². The molecule has 0 radical (unpaired) electrons. The van der Waals surface area contributed by atoms with Gasteiger partial charge >= 0.3 is 11.9 Å². The van der Waals surface area contributed by atoms with Crippen molar-refractivity contribution in [1.82, 2.24) is 10.3 Å². The van der Waals surface area contributed by atoms with E-state index in [1.807, 2.05) is 0 Å².